The number of hydrogen-bond donors (Lipinski definition) is 2. The average Bonchev–Trinajstić information content (AvgIpc) is 3.46. The molecule has 0 saturated heterocycles. The third-order valence-corrected chi connectivity index (χ3v) is 5.24. The van der Waals surface area contributed by atoms with Crippen LogP contribution in [0.15, 0.2) is 30.3 Å². The molecule has 0 atom stereocenters. The molecular formula is C21H28N4. The van der Waals surface area contributed by atoms with Gasteiger partial charge in [-0.1, -0.05) is 49.1 Å². The van der Waals surface area contributed by atoms with Crippen LogP contribution in [0.5, 0.6) is 0 Å². The highest BCUT2D eigenvalue weighted by molar-refractivity contribution is 5.45. The van der Waals surface area contributed by atoms with Crippen LogP contribution in [0.1, 0.15) is 67.7 Å². The minimum absolute atomic E-state index is 0.535. The molecule has 0 bridgehead atoms. The van der Waals surface area contributed by atoms with Crippen molar-refractivity contribution in [3.63, 3.8) is 0 Å². The van der Waals surface area contributed by atoms with Gasteiger partial charge in [0.1, 0.15) is 5.82 Å². The van der Waals surface area contributed by atoms with E-state index in [1.807, 2.05) is 0 Å². The van der Waals surface area contributed by atoms with Gasteiger partial charge in [-0.3, -0.25) is 0 Å². The molecule has 25 heavy (non-hydrogen) atoms. The number of aromatic nitrogens is 2. The van der Waals surface area contributed by atoms with Crippen LogP contribution in [0.25, 0.3) is 0 Å². The molecule has 0 aliphatic heterocycles. The highest BCUT2D eigenvalue weighted by Crippen LogP contribution is 2.40. The number of hydrogen-bond acceptors (Lipinski definition) is 4. The predicted molar refractivity (Wildman–Crippen MR) is 103 cm³/mol. The van der Waals surface area contributed by atoms with Crippen LogP contribution in [-0.2, 0) is 6.54 Å². The first-order chi connectivity index (χ1) is 12.3. The van der Waals surface area contributed by atoms with Crippen molar-refractivity contribution in [2.45, 2.75) is 70.4 Å². The van der Waals surface area contributed by atoms with Crippen molar-refractivity contribution in [1.82, 2.24) is 9.97 Å². The van der Waals surface area contributed by atoms with Crippen LogP contribution in [0.3, 0.4) is 0 Å². The molecule has 2 N–H and O–H groups in total. The zero-order chi connectivity index (χ0) is 17.1. The summed E-state index contributed by atoms with van der Waals surface area (Å²) in [5.74, 6) is 2.38. The second kappa shape index (κ2) is 7.42. The van der Waals surface area contributed by atoms with Crippen LogP contribution in [-0.4, -0.2) is 16.0 Å². The topological polar surface area (TPSA) is 49.8 Å². The predicted octanol–water partition coefficient (Wildman–Crippen LogP) is 5.02. The van der Waals surface area contributed by atoms with Crippen LogP contribution < -0.4 is 10.6 Å². The van der Waals surface area contributed by atoms with Crippen molar-refractivity contribution < 1.29 is 0 Å². The van der Waals surface area contributed by atoms with E-state index in [-0.39, 0.29) is 0 Å². The van der Waals surface area contributed by atoms with Gasteiger partial charge in [-0.2, -0.15) is 4.98 Å². The molecule has 4 nitrogen and oxygen atoms in total. The lowest BCUT2D eigenvalue weighted by molar-refractivity contribution is 0.460. The van der Waals surface area contributed by atoms with Gasteiger partial charge in [0.15, 0.2) is 0 Å². The van der Waals surface area contributed by atoms with Crippen LogP contribution in [0.2, 0.25) is 0 Å². The Morgan fingerprint density at radius 3 is 2.60 bits per heavy atom. The van der Waals surface area contributed by atoms with Crippen LogP contribution >= 0.6 is 0 Å². The molecule has 0 unspecified atom stereocenters. The fourth-order valence-corrected chi connectivity index (χ4v) is 3.65. The maximum Gasteiger partial charge on any atom is 0.225 e. The molecule has 0 radical (unpaired) electrons. The van der Waals surface area contributed by atoms with E-state index in [4.69, 9.17) is 9.97 Å². The van der Waals surface area contributed by atoms with Gasteiger partial charge in [-0.05, 0) is 38.2 Å². The molecule has 2 fully saturated rings. The molecule has 1 heterocycles. The van der Waals surface area contributed by atoms with Crippen molar-refractivity contribution in [2.75, 3.05) is 10.6 Å². The molecule has 0 spiro atoms. The summed E-state index contributed by atoms with van der Waals surface area (Å²) in [5.41, 5.74) is 3.77. The quantitative estimate of drug-likeness (QED) is 0.778. The molecule has 2 saturated carbocycles. The monoisotopic (exact) mass is 336 g/mol. The summed E-state index contributed by atoms with van der Waals surface area (Å²) in [5, 5.41) is 7.09. The Kier molecular flexibility index (Phi) is 4.86. The van der Waals surface area contributed by atoms with Gasteiger partial charge in [-0.25, -0.2) is 4.98 Å². The molecule has 4 rings (SSSR count). The molecule has 0 amide bonds. The highest BCUT2D eigenvalue weighted by Gasteiger charge is 2.26. The Labute approximate surface area is 150 Å². The van der Waals surface area contributed by atoms with Crippen LogP contribution in [0.4, 0.5) is 11.8 Å². The van der Waals surface area contributed by atoms with Gasteiger partial charge in [0.25, 0.3) is 0 Å². The number of aryl methyl sites for hydroxylation is 1. The fourth-order valence-electron chi connectivity index (χ4n) is 3.65. The first kappa shape index (κ1) is 16.4. The second-order valence-electron chi connectivity index (χ2n) is 7.60. The zero-order valence-corrected chi connectivity index (χ0v) is 15.1. The summed E-state index contributed by atoms with van der Waals surface area (Å²) in [6, 6.07) is 11.3. The Hall–Kier alpha value is -2.10. The number of nitrogens with one attached hydrogen (secondary N) is 2. The zero-order valence-electron chi connectivity index (χ0n) is 15.1. The lowest BCUT2D eigenvalue weighted by Crippen LogP contribution is -2.24. The van der Waals surface area contributed by atoms with E-state index in [0.29, 0.717) is 12.0 Å². The molecule has 2 aliphatic carbocycles. The van der Waals surface area contributed by atoms with Crippen molar-refractivity contribution in [3.05, 3.63) is 47.2 Å². The molecule has 1 aromatic heterocycles. The highest BCUT2D eigenvalue weighted by atomic mass is 15.2. The smallest absolute Gasteiger partial charge is 0.225 e. The van der Waals surface area contributed by atoms with Crippen molar-refractivity contribution >= 4 is 11.8 Å². The third-order valence-electron chi connectivity index (χ3n) is 5.24. The third kappa shape index (κ3) is 4.50. The number of anilines is 2. The number of nitrogens with zero attached hydrogens (tertiary/aromatic N) is 2. The molecule has 2 aliphatic rings. The first-order valence-corrected chi connectivity index (χ1v) is 9.71. The normalized spacial score (nSPS) is 18.1. The SMILES string of the molecule is Cc1cccc(CNc2cc(C3CC3)nc(NC3CCCCC3)n2)c1. The summed E-state index contributed by atoms with van der Waals surface area (Å²) in [6.07, 6.45) is 9.00. The first-order valence-electron chi connectivity index (χ1n) is 9.71. The van der Waals surface area contributed by atoms with Crippen molar-refractivity contribution in [3.8, 4) is 0 Å². The molecule has 2 aromatic rings. The maximum atomic E-state index is 4.80. The maximum absolute atomic E-state index is 4.80. The van der Waals surface area contributed by atoms with E-state index in [0.717, 1.165) is 18.3 Å². The standard InChI is InChI=1S/C21H28N4/c1-15-6-5-7-16(12-15)14-22-20-13-19(17-10-11-17)24-21(25-20)23-18-8-3-2-4-9-18/h5-7,12-13,17-18H,2-4,8-11,14H2,1H3,(H2,22,23,24,25). The van der Waals surface area contributed by atoms with Crippen molar-refractivity contribution in [1.29, 1.82) is 0 Å². The van der Waals surface area contributed by atoms with E-state index >= 15 is 0 Å². The Bertz CT molecular complexity index is 718. The fraction of sp³-hybridized carbons (Fsp3) is 0.524. The molecule has 132 valence electrons. The van der Waals surface area contributed by atoms with Gasteiger partial charge in [0, 0.05) is 24.6 Å². The van der Waals surface area contributed by atoms with Gasteiger partial charge in [0.2, 0.25) is 5.95 Å². The summed E-state index contributed by atoms with van der Waals surface area (Å²) in [7, 11) is 0. The van der Waals surface area contributed by atoms with E-state index in [2.05, 4.69) is 47.9 Å². The average molecular weight is 336 g/mol. The van der Waals surface area contributed by atoms with Gasteiger partial charge >= 0.3 is 0 Å². The Morgan fingerprint density at radius 2 is 1.84 bits per heavy atom. The summed E-state index contributed by atoms with van der Waals surface area (Å²) < 4.78 is 0. The van der Waals surface area contributed by atoms with Crippen LogP contribution in [0, 0.1) is 6.92 Å². The van der Waals surface area contributed by atoms with Gasteiger partial charge in [0.05, 0.1) is 5.69 Å². The number of rotatable bonds is 6. The second-order valence-corrected chi connectivity index (χ2v) is 7.60. The largest absolute Gasteiger partial charge is 0.366 e. The summed E-state index contributed by atoms with van der Waals surface area (Å²) in [6.45, 7) is 2.93. The van der Waals surface area contributed by atoms with E-state index in [1.165, 1.54) is 61.8 Å². The van der Waals surface area contributed by atoms with E-state index in [9.17, 15) is 0 Å². The lowest BCUT2D eigenvalue weighted by Gasteiger charge is -2.23. The minimum Gasteiger partial charge on any atom is -0.366 e. The van der Waals surface area contributed by atoms with Gasteiger partial charge in [-0.15, -0.1) is 0 Å². The van der Waals surface area contributed by atoms with Gasteiger partial charge < -0.3 is 10.6 Å². The molecule has 4 heteroatoms. The van der Waals surface area contributed by atoms with Crippen molar-refractivity contribution in [2.24, 2.45) is 0 Å². The summed E-state index contributed by atoms with van der Waals surface area (Å²) >= 11 is 0. The molecule has 1 aromatic carbocycles. The minimum atomic E-state index is 0.535. The summed E-state index contributed by atoms with van der Waals surface area (Å²) in [4.78, 5) is 9.54. The van der Waals surface area contributed by atoms with E-state index in [1.54, 1.807) is 0 Å². The molecular weight excluding hydrogens is 308 g/mol. The van der Waals surface area contributed by atoms with E-state index < -0.39 is 0 Å². The Morgan fingerprint density at radius 1 is 1.00 bits per heavy atom. The number of benzene rings is 1. The Balaban J connectivity index is 1.48. The lowest BCUT2D eigenvalue weighted by atomic mass is 9.96.